The summed E-state index contributed by atoms with van der Waals surface area (Å²) in [5.74, 6) is -0.597. The molecule has 0 atom stereocenters. The second-order valence-electron chi connectivity index (χ2n) is 6.60. The Bertz CT molecular complexity index is 734. The fourth-order valence-corrected chi connectivity index (χ4v) is 4.26. The molecule has 1 aliphatic heterocycles. The molecule has 1 aliphatic rings. The number of nitrogens with one attached hydrogen (secondary N) is 1. The van der Waals surface area contributed by atoms with Gasteiger partial charge in [-0.05, 0) is 36.8 Å². The molecule has 142 valence electrons. The van der Waals surface area contributed by atoms with Crippen molar-refractivity contribution in [2.24, 2.45) is 0 Å². The largest absolute Gasteiger partial charge is 0.405 e. The number of nitrogens with zero attached hydrogens (tertiary/aromatic N) is 3. The van der Waals surface area contributed by atoms with E-state index in [1.165, 1.54) is 16.8 Å². The normalized spacial score (nSPS) is 18.0. The summed E-state index contributed by atoms with van der Waals surface area (Å²) in [5.41, 5.74) is 0.215. The third kappa shape index (κ3) is 4.09. The van der Waals surface area contributed by atoms with Gasteiger partial charge in [-0.3, -0.25) is 9.69 Å². The third-order valence-electron chi connectivity index (χ3n) is 4.89. The number of thiophene rings is 1. The van der Waals surface area contributed by atoms with Crippen molar-refractivity contribution in [3.8, 4) is 0 Å². The zero-order valence-corrected chi connectivity index (χ0v) is 15.2. The summed E-state index contributed by atoms with van der Waals surface area (Å²) in [6.07, 6.45) is 1.15. The van der Waals surface area contributed by atoms with Crippen LogP contribution in [-0.2, 0) is 16.9 Å². The van der Waals surface area contributed by atoms with E-state index in [0.29, 0.717) is 25.9 Å². The average Bonchev–Trinajstić information content (AvgIpc) is 3.26. The van der Waals surface area contributed by atoms with Gasteiger partial charge < -0.3 is 9.88 Å². The molecule has 0 saturated carbocycles. The number of carbonyl (C=O) groups is 1. The number of hydrogen-bond donors (Lipinski definition) is 1. The van der Waals surface area contributed by atoms with Crippen LogP contribution in [0.3, 0.4) is 0 Å². The summed E-state index contributed by atoms with van der Waals surface area (Å²) in [6.45, 7) is 2.81. The Hall–Kier alpha value is -1.87. The van der Waals surface area contributed by atoms with Crippen molar-refractivity contribution >= 4 is 17.2 Å². The van der Waals surface area contributed by atoms with Crippen LogP contribution in [-0.4, -0.2) is 46.2 Å². The van der Waals surface area contributed by atoms with Crippen LogP contribution < -0.4 is 5.32 Å². The molecule has 3 heterocycles. The lowest BCUT2D eigenvalue weighted by Gasteiger charge is -2.41. The van der Waals surface area contributed by atoms with E-state index in [1.54, 1.807) is 28.3 Å². The Morgan fingerprint density at radius 3 is 2.65 bits per heavy atom. The predicted octanol–water partition coefficient (Wildman–Crippen LogP) is 2.92. The average molecular weight is 386 g/mol. The monoisotopic (exact) mass is 386 g/mol. The summed E-state index contributed by atoms with van der Waals surface area (Å²) in [5, 5.41) is 4.11. The zero-order chi connectivity index (χ0) is 18.8. The number of carbonyl (C=O) groups excluding carboxylic acids is 1. The molecule has 5 nitrogen and oxygen atoms in total. The standard InChI is InChI=1S/C17H21F3N4OS/c1-13-2-9-26-14(13)10-23-6-3-16(4-7-23,24-8-5-21-12-24)15(25)22-11-17(18,19)20/h2,5,8-9,12H,3-4,6-7,10-11H2,1H3,(H,22,25). The number of alkyl halides is 3. The summed E-state index contributed by atoms with van der Waals surface area (Å²) >= 11 is 1.70. The molecule has 0 aliphatic carbocycles. The number of amides is 1. The van der Waals surface area contributed by atoms with Gasteiger partial charge in [-0.1, -0.05) is 0 Å². The molecule has 0 radical (unpaired) electrons. The summed E-state index contributed by atoms with van der Waals surface area (Å²) in [6, 6.07) is 2.07. The van der Waals surface area contributed by atoms with E-state index in [-0.39, 0.29) is 0 Å². The minimum atomic E-state index is -4.43. The Labute approximate surface area is 153 Å². The van der Waals surface area contributed by atoms with Crippen molar-refractivity contribution in [2.45, 2.75) is 38.0 Å². The van der Waals surface area contributed by atoms with E-state index in [1.807, 2.05) is 0 Å². The van der Waals surface area contributed by atoms with Crippen LogP contribution >= 0.6 is 11.3 Å². The van der Waals surface area contributed by atoms with Gasteiger partial charge >= 0.3 is 6.18 Å². The van der Waals surface area contributed by atoms with Crippen LogP contribution in [0.25, 0.3) is 0 Å². The van der Waals surface area contributed by atoms with E-state index in [4.69, 9.17) is 0 Å². The number of hydrogen-bond acceptors (Lipinski definition) is 4. The SMILES string of the molecule is Cc1ccsc1CN1CCC(C(=O)NCC(F)(F)F)(n2ccnc2)CC1. The van der Waals surface area contributed by atoms with Crippen molar-refractivity contribution in [1.29, 1.82) is 0 Å². The molecular weight excluding hydrogens is 365 g/mol. The van der Waals surface area contributed by atoms with E-state index < -0.39 is 24.2 Å². The highest BCUT2D eigenvalue weighted by Crippen LogP contribution is 2.32. The quantitative estimate of drug-likeness (QED) is 0.860. The maximum atomic E-state index is 12.7. The Morgan fingerprint density at radius 1 is 1.38 bits per heavy atom. The molecule has 0 bridgehead atoms. The highest BCUT2D eigenvalue weighted by atomic mass is 32.1. The van der Waals surface area contributed by atoms with Gasteiger partial charge in [-0.25, -0.2) is 4.98 Å². The first-order valence-corrected chi connectivity index (χ1v) is 9.27. The highest BCUT2D eigenvalue weighted by Gasteiger charge is 2.44. The molecule has 0 spiro atoms. The van der Waals surface area contributed by atoms with E-state index in [2.05, 4.69) is 33.6 Å². The van der Waals surface area contributed by atoms with Crippen LogP contribution in [0.2, 0.25) is 0 Å². The maximum Gasteiger partial charge on any atom is 0.405 e. The third-order valence-corrected chi connectivity index (χ3v) is 5.90. The molecule has 2 aromatic rings. The second kappa shape index (κ2) is 7.40. The van der Waals surface area contributed by atoms with Gasteiger partial charge in [0.2, 0.25) is 5.91 Å². The highest BCUT2D eigenvalue weighted by molar-refractivity contribution is 7.10. The van der Waals surface area contributed by atoms with E-state index in [9.17, 15) is 18.0 Å². The van der Waals surface area contributed by atoms with Gasteiger partial charge in [-0.2, -0.15) is 13.2 Å². The fourth-order valence-electron chi connectivity index (χ4n) is 3.31. The predicted molar refractivity (Wildman–Crippen MR) is 92.8 cm³/mol. The zero-order valence-electron chi connectivity index (χ0n) is 14.4. The van der Waals surface area contributed by atoms with Crippen molar-refractivity contribution < 1.29 is 18.0 Å². The molecule has 2 aromatic heterocycles. The van der Waals surface area contributed by atoms with Crippen LogP contribution in [0.5, 0.6) is 0 Å². The number of aromatic nitrogens is 2. The summed E-state index contributed by atoms with van der Waals surface area (Å²) < 4.78 is 39.2. The summed E-state index contributed by atoms with van der Waals surface area (Å²) in [4.78, 5) is 20.2. The molecule has 26 heavy (non-hydrogen) atoms. The molecule has 1 N–H and O–H groups in total. The minimum absolute atomic E-state index is 0.442. The smallest absolute Gasteiger partial charge is 0.345 e. The lowest BCUT2D eigenvalue weighted by atomic mass is 9.86. The Balaban J connectivity index is 1.71. The van der Waals surface area contributed by atoms with E-state index in [0.717, 1.165) is 6.54 Å². The van der Waals surface area contributed by atoms with Crippen molar-refractivity contribution in [1.82, 2.24) is 19.8 Å². The molecule has 1 saturated heterocycles. The number of rotatable bonds is 5. The molecule has 9 heteroatoms. The van der Waals surface area contributed by atoms with E-state index >= 15 is 0 Å². The van der Waals surface area contributed by atoms with Crippen LogP contribution in [0.15, 0.2) is 30.2 Å². The first-order valence-electron chi connectivity index (χ1n) is 8.39. The van der Waals surface area contributed by atoms with Crippen molar-refractivity contribution in [3.05, 3.63) is 40.6 Å². The molecule has 0 aromatic carbocycles. The molecule has 1 amide bonds. The number of piperidine rings is 1. The van der Waals surface area contributed by atoms with Crippen LogP contribution in [0, 0.1) is 6.92 Å². The van der Waals surface area contributed by atoms with Gasteiger partial charge in [0.05, 0.1) is 6.33 Å². The number of imidazole rings is 1. The van der Waals surface area contributed by atoms with Gasteiger partial charge in [0.1, 0.15) is 12.1 Å². The Morgan fingerprint density at radius 2 is 2.12 bits per heavy atom. The van der Waals surface area contributed by atoms with Gasteiger partial charge in [0.15, 0.2) is 0 Å². The van der Waals surface area contributed by atoms with Gasteiger partial charge in [0, 0.05) is 36.9 Å². The molecule has 1 fully saturated rings. The van der Waals surface area contributed by atoms with Crippen LogP contribution in [0.1, 0.15) is 23.3 Å². The fraction of sp³-hybridized carbons (Fsp3) is 0.529. The maximum absolute atomic E-state index is 12.7. The number of halogens is 3. The van der Waals surface area contributed by atoms with Crippen molar-refractivity contribution in [2.75, 3.05) is 19.6 Å². The lowest BCUT2D eigenvalue weighted by molar-refractivity contribution is -0.145. The van der Waals surface area contributed by atoms with Gasteiger partial charge in [-0.15, -0.1) is 11.3 Å². The topological polar surface area (TPSA) is 50.2 Å². The second-order valence-corrected chi connectivity index (χ2v) is 7.60. The molecular formula is C17H21F3N4OS. The first-order chi connectivity index (χ1) is 12.3. The van der Waals surface area contributed by atoms with Crippen molar-refractivity contribution in [3.63, 3.8) is 0 Å². The minimum Gasteiger partial charge on any atom is -0.345 e. The molecule has 0 unspecified atom stereocenters. The Kier molecular flexibility index (Phi) is 5.38. The summed E-state index contributed by atoms with van der Waals surface area (Å²) in [7, 11) is 0. The first kappa shape index (κ1) is 18.9. The van der Waals surface area contributed by atoms with Crippen LogP contribution in [0.4, 0.5) is 13.2 Å². The number of likely N-dealkylation sites (tertiary alicyclic amines) is 1. The lowest BCUT2D eigenvalue weighted by Crippen LogP contribution is -2.55. The molecule has 3 rings (SSSR count). The number of aryl methyl sites for hydroxylation is 1. The van der Waals surface area contributed by atoms with Gasteiger partial charge in [0.25, 0.3) is 0 Å².